The van der Waals surface area contributed by atoms with E-state index in [1.807, 2.05) is 27.7 Å². The molecule has 1 saturated carbocycles. The molecule has 1 fully saturated rings. The predicted molar refractivity (Wildman–Crippen MR) is 77.5 cm³/mol. The van der Waals surface area contributed by atoms with Crippen LogP contribution in [0.5, 0.6) is 0 Å². The lowest BCUT2D eigenvalue weighted by Crippen LogP contribution is -2.19. The molecule has 0 unspecified atom stereocenters. The molecule has 1 aromatic carbocycles. The monoisotopic (exact) mass is 314 g/mol. The third kappa shape index (κ3) is 2.55. The van der Waals surface area contributed by atoms with Gasteiger partial charge < -0.3 is 5.32 Å². The minimum absolute atomic E-state index is 0.176. The number of hydrogen-bond acceptors (Lipinski definition) is 3. The van der Waals surface area contributed by atoms with Gasteiger partial charge in [-0.1, -0.05) is 27.7 Å². The average Bonchev–Trinajstić information content (AvgIpc) is 2.70. The van der Waals surface area contributed by atoms with Crippen molar-refractivity contribution in [3.05, 3.63) is 24.0 Å². The summed E-state index contributed by atoms with van der Waals surface area (Å²) in [4.78, 5) is 12.0. The molecule has 1 amide bonds. The minimum Gasteiger partial charge on any atom is -0.323 e. The first-order valence-electron chi connectivity index (χ1n) is 6.52. The van der Waals surface area contributed by atoms with Crippen molar-refractivity contribution in [3.8, 4) is 0 Å². The van der Waals surface area contributed by atoms with Crippen LogP contribution in [-0.4, -0.2) is 14.3 Å². The summed E-state index contributed by atoms with van der Waals surface area (Å²) in [6, 6.07) is 3.06. The first-order chi connectivity index (χ1) is 9.39. The van der Waals surface area contributed by atoms with Crippen LogP contribution in [0.2, 0.25) is 0 Å². The van der Waals surface area contributed by atoms with Gasteiger partial charge in [-0.2, -0.15) is 0 Å². The van der Waals surface area contributed by atoms with E-state index in [0.717, 1.165) is 18.2 Å². The van der Waals surface area contributed by atoms with E-state index in [2.05, 4.69) is 5.32 Å². The molecule has 0 heterocycles. The number of rotatable bonds is 3. The van der Waals surface area contributed by atoms with Gasteiger partial charge in [0.25, 0.3) is 0 Å². The van der Waals surface area contributed by atoms with Gasteiger partial charge in [-0.3, -0.25) is 4.79 Å². The van der Waals surface area contributed by atoms with Gasteiger partial charge in [0.2, 0.25) is 15.9 Å². The summed E-state index contributed by atoms with van der Waals surface area (Å²) >= 11 is 0. The van der Waals surface area contributed by atoms with Gasteiger partial charge in [-0.25, -0.2) is 17.9 Å². The van der Waals surface area contributed by atoms with Crippen molar-refractivity contribution in [3.63, 3.8) is 0 Å². The molecule has 0 saturated heterocycles. The van der Waals surface area contributed by atoms with Crippen LogP contribution in [0.3, 0.4) is 0 Å². The number of primary sulfonamides is 1. The standard InChI is InChI=1S/C14H19FN2O3S/c1-13(2)11(14(13,3)4)12(18)17-10-7-8(21(16,19)20)5-6-9(10)15/h5-7,11H,1-4H3,(H,17,18)(H2,16,19,20). The summed E-state index contributed by atoms with van der Waals surface area (Å²) in [6.45, 7) is 7.87. The van der Waals surface area contributed by atoms with Crippen molar-refractivity contribution in [1.82, 2.24) is 0 Å². The van der Waals surface area contributed by atoms with E-state index in [1.54, 1.807) is 0 Å². The van der Waals surface area contributed by atoms with Crippen molar-refractivity contribution in [2.24, 2.45) is 21.9 Å². The van der Waals surface area contributed by atoms with E-state index in [4.69, 9.17) is 5.14 Å². The summed E-state index contributed by atoms with van der Waals surface area (Å²) < 4.78 is 36.3. The molecule has 0 bridgehead atoms. The van der Waals surface area contributed by atoms with E-state index in [0.29, 0.717) is 0 Å². The lowest BCUT2D eigenvalue weighted by Gasteiger charge is -2.09. The van der Waals surface area contributed by atoms with Gasteiger partial charge in [0.05, 0.1) is 10.6 Å². The lowest BCUT2D eigenvalue weighted by molar-refractivity contribution is -0.118. The zero-order valence-electron chi connectivity index (χ0n) is 12.4. The summed E-state index contributed by atoms with van der Waals surface area (Å²) in [7, 11) is -3.95. The molecule has 1 aliphatic carbocycles. The Morgan fingerprint density at radius 3 is 2.19 bits per heavy atom. The molecule has 0 atom stereocenters. The Labute approximate surface area is 123 Å². The molecule has 1 aliphatic rings. The Morgan fingerprint density at radius 1 is 1.24 bits per heavy atom. The number of halogens is 1. The van der Waals surface area contributed by atoms with Crippen LogP contribution in [0.25, 0.3) is 0 Å². The maximum atomic E-state index is 13.7. The molecular formula is C14H19FN2O3S. The van der Waals surface area contributed by atoms with Crippen LogP contribution in [0.4, 0.5) is 10.1 Å². The number of nitrogens with one attached hydrogen (secondary N) is 1. The predicted octanol–water partition coefficient (Wildman–Crippen LogP) is 2.09. The summed E-state index contributed by atoms with van der Waals surface area (Å²) in [5.41, 5.74) is -0.555. The van der Waals surface area contributed by atoms with E-state index in [9.17, 15) is 17.6 Å². The molecule has 3 N–H and O–H groups in total. The number of nitrogens with two attached hydrogens (primary N) is 1. The third-order valence-electron chi connectivity index (χ3n) is 4.81. The molecule has 1 aromatic rings. The Bertz CT molecular complexity index is 697. The molecule has 0 spiro atoms. The number of benzene rings is 1. The van der Waals surface area contributed by atoms with Crippen LogP contribution in [-0.2, 0) is 14.8 Å². The molecule has 0 radical (unpaired) electrons. The van der Waals surface area contributed by atoms with Crippen molar-refractivity contribution in [2.45, 2.75) is 32.6 Å². The van der Waals surface area contributed by atoms with Gasteiger partial charge in [-0.15, -0.1) is 0 Å². The van der Waals surface area contributed by atoms with Crippen LogP contribution in [0, 0.1) is 22.6 Å². The van der Waals surface area contributed by atoms with Crippen molar-refractivity contribution < 1.29 is 17.6 Å². The maximum Gasteiger partial charge on any atom is 0.238 e. The Morgan fingerprint density at radius 2 is 1.76 bits per heavy atom. The molecule has 5 nitrogen and oxygen atoms in total. The molecular weight excluding hydrogens is 295 g/mol. The van der Waals surface area contributed by atoms with Gasteiger partial charge in [-0.05, 0) is 29.0 Å². The normalized spacial score (nSPS) is 20.1. The zero-order chi connectivity index (χ0) is 16.2. The Balaban J connectivity index is 2.27. The largest absolute Gasteiger partial charge is 0.323 e. The van der Waals surface area contributed by atoms with Gasteiger partial charge in [0.1, 0.15) is 5.82 Å². The fraction of sp³-hybridized carbons (Fsp3) is 0.500. The highest BCUT2D eigenvalue weighted by molar-refractivity contribution is 7.89. The van der Waals surface area contributed by atoms with E-state index >= 15 is 0 Å². The number of sulfonamides is 1. The number of carbonyl (C=O) groups is 1. The first kappa shape index (κ1) is 15.9. The summed E-state index contributed by atoms with van der Waals surface area (Å²) in [5, 5.41) is 7.46. The molecule has 21 heavy (non-hydrogen) atoms. The van der Waals surface area contributed by atoms with E-state index in [-0.39, 0.29) is 33.2 Å². The first-order valence-corrected chi connectivity index (χ1v) is 8.07. The zero-order valence-corrected chi connectivity index (χ0v) is 13.2. The maximum absolute atomic E-state index is 13.7. The molecule has 7 heteroatoms. The van der Waals surface area contributed by atoms with Crippen molar-refractivity contribution in [2.75, 3.05) is 5.32 Å². The third-order valence-corrected chi connectivity index (χ3v) is 5.72. The fourth-order valence-corrected chi connectivity index (χ4v) is 3.37. The smallest absolute Gasteiger partial charge is 0.238 e. The number of hydrogen-bond donors (Lipinski definition) is 2. The van der Waals surface area contributed by atoms with Gasteiger partial charge in [0.15, 0.2) is 0 Å². The summed E-state index contributed by atoms with van der Waals surface area (Å²) in [6.07, 6.45) is 0. The fourth-order valence-electron chi connectivity index (χ4n) is 2.83. The van der Waals surface area contributed by atoms with E-state index in [1.165, 1.54) is 0 Å². The topological polar surface area (TPSA) is 89.3 Å². The second-order valence-corrected chi connectivity index (χ2v) is 8.11. The summed E-state index contributed by atoms with van der Waals surface area (Å²) in [5.74, 6) is -1.29. The number of amides is 1. The minimum atomic E-state index is -3.95. The molecule has 2 rings (SSSR count). The Hall–Kier alpha value is -1.47. The van der Waals surface area contributed by atoms with Crippen LogP contribution in [0.1, 0.15) is 27.7 Å². The second kappa shape index (κ2) is 4.51. The van der Waals surface area contributed by atoms with E-state index < -0.39 is 15.8 Å². The molecule has 116 valence electrons. The molecule has 0 aromatic heterocycles. The SMILES string of the molecule is CC1(C)C(C(=O)Nc2cc(S(N)(=O)=O)ccc2F)C1(C)C. The average molecular weight is 314 g/mol. The quantitative estimate of drug-likeness (QED) is 0.895. The van der Waals surface area contributed by atoms with Crippen LogP contribution >= 0.6 is 0 Å². The number of carbonyl (C=O) groups excluding carboxylic acids is 1. The highest BCUT2D eigenvalue weighted by Crippen LogP contribution is 2.68. The Kier molecular flexibility index (Phi) is 3.42. The highest BCUT2D eigenvalue weighted by atomic mass is 32.2. The van der Waals surface area contributed by atoms with Gasteiger partial charge >= 0.3 is 0 Å². The number of anilines is 1. The van der Waals surface area contributed by atoms with Crippen molar-refractivity contribution >= 4 is 21.6 Å². The van der Waals surface area contributed by atoms with Crippen LogP contribution < -0.4 is 10.5 Å². The van der Waals surface area contributed by atoms with Crippen molar-refractivity contribution in [1.29, 1.82) is 0 Å². The van der Waals surface area contributed by atoms with Gasteiger partial charge in [0, 0.05) is 5.92 Å². The molecule has 0 aliphatic heterocycles. The highest BCUT2D eigenvalue weighted by Gasteiger charge is 2.68. The second-order valence-electron chi connectivity index (χ2n) is 6.55. The van der Waals surface area contributed by atoms with Crippen LogP contribution in [0.15, 0.2) is 23.1 Å². The lowest BCUT2D eigenvalue weighted by atomic mass is 10.0.